The van der Waals surface area contributed by atoms with Crippen LogP contribution in [0.25, 0.3) is 0 Å². The van der Waals surface area contributed by atoms with Crippen LogP contribution in [0.2, 0.25) is 0 Å². The van der Waals surface area contributed by atoms with Crippen molar-refractivity contribution >= 4 is 10.0 Å². The summed E-state index contributed by atoms with van der Waals surface area (Å²) in [6, 6.07) is 0. The lowest BCUT2D eigenvalue weighted by molar-refractivity contribution is 0.137. The van der Waals surface area contributed by atoms with Crippen molar-refractivity contribution in [1.29, 1.82) is 0 Å². The van der Waals surface area contributed by atoms with E-state index >= 15 is 0 Å². The number of β-amino-alcohol motifs (C(OH)–C–C–N with tert-alkyl or cyclic N) is 1. The molecule has 1 heterocycles. The first kappa shape index (κ1) is 13.9. The average Bonchev–Trinajstić information content (AvgIpc) is 2.42. The van der Waals surface area contributed by atoms with E-state index in [1.165, 1.54) is 4.31 Å². The van der Waals surface area contributed by atoms with Gasteiger partial charge in [-0.25, -0.2) is 8.42 Å². The lowest BCUT2D eigenvalue weighted by Gasteiger charge is -2.24. The van der Waals surface area contributed by atoms with Crippen LogP contribution >= 0.6 is 0 Å². The smallest absolute Gasteiger partial charge is 0.214 e. The molecule has 5 nitrogen and oxygen atoms in total. The van der Waals surface area contributed by atoms with E-state index in [0.717, 1.165) is 0 Å². The molecule has 6 heteroatoms. The topological polar surface area (TPSA) is 69.6 Å². The van der Waals surface area contributed by atoms with Crippen LogP contribution in [0, 0.1) is 0 Å². The summed E-state index contributed by atoms with van der Waals surface area (Å²) in [5.74, 6) is 0.215. The molecular weight excluding hydrogens is 228 g/mol. The first-order valence-electron chi connectivity index (χ1n) is 5.62. The standard InChI is InChI=1S/C10H22N2O3S/c1-10(2,3)11-7-9(13)8-12-5-4-6-16(12,14)15/h9,11,13H,4-8H2,1-3H3. The predicted octanol–water partition coefficient (Wildman–Crippen LogP) is -0.229. The van der Waals surface area contributed by atoms with E-state index in [-0.39, 0.29) is 17.8 Å². The molecule has 1 atom stereocenters. The minimum absolute atomic E-state index is 0.0646. The van der Waals surface area contributed by atoms with Crippen LogP contribution in [0.15, 0.2) is 0 Å². The van der Waals surface area contributed by atoms with Crippen molar-refractivity contribution in [3.63, 3.8) is 0 Å². The molecular formula is C10H22N2O3S. The lowest BCUT2D eigenvalue weighted by Crippen LogP contribution is -2.45. The van der Waals surface area contributed by atoms with Crippen molar-refractivity contribution in [2.24, 2.45) is 0 Å². The van der Waals surface area contributed by atoms with Gasteiger partial charge in [-0.1, -0.05) is 0 Å². The van der Waals surface area contributed by atoms with Crippen LogP contribution in [0.1, 0.15) is 27.2 Å². The van der Waals surface area contributed by atoms with Gasteiger partial charge in [0.25, 0.3) is 0 Å². The number of nitrogens with one attached hydrogen (secondary N) is 1. The summed E-state index contributed by atoms with van der Waals surface area (Å²) in [7, 11) is -3.09. The molecule has 1 unspecified atom stereocenters. The van der Waals surface area contributed by atoms with Gasteiger partial charge >= 0.3 is 0 Å². The zero-order chi connectivity index (χ0) is 12.4. The zero-order valence-corrected chi connectivity index (χ0v) is 11.0. The van der Waals surface area contributed by atoms with E-state index in [0.29, 0.717) is 19.5 Å². The summed E-state index contributed by atoms with van der Waals surface area (Å²) in [5.41, 5.74) is -0.0646. The predicted molar refractivity (Wildman–Crippen MR) is 63.7 cm³/mol. The van der Waals surface area contributed by atoms with E-state index in [1.54, 1.807) is 0 Å². The molecule has 0 saturated carbocycles. The maximum absolute atomic E-state index is 11.5. The number of nitrogens with zero attached hydrogens (tertiary/aromatic N) is 1. The molecule has 1 aliphatic rings. The summed E-state index contributed by atoms with van der Waals surface area (Å²) < 4.78 is 24.4. The molecule has 1 aliphatic heterocycles. The molecule has 0 spiro atoms. The summed E-state index contributed by atoms with van der Waals surface area (Å²) in [6.45, 7) is 7.17. The third kappa shape index (κ3) is 4.37. The number of aliphatic hydroxyl groups excluding tert-OH is 1. The summed E-state index contributed by atoms with van der Waals surface area (Å²) in [5, 5.41) is 12.9. The minimum atomic E-state index is -3.09. The molecule has 2 N–H and O–H groups in total. The molecule has 0 aromatic heterocycles. The molecule has 1 fully saturated rings. The molecule has 1 rings (SSSR count). The van der Waals surface area contributed by atoms with Gasteiger partial charge in [0.2, 0.25) is 10.0 Å². The maximum atomic E-state index is 11.5. The van der Waals surface area contributed by atoms with E-state index in [9.17, 15) is 13.5 Å². The molecule has 96 valence electrons. The average molecular weight is 250 g/mol. The molecule has 1 saturated heterocycles. The van der Waals surface area contributed by atoms with E-state index < -0.39 is 16.1 Å². The Labute approximate surface area is 97.9 Å². The Morgan fingerprint density at radius 3 is 2.50 bits per heavy atom. The van der Waals surface area contributed by atoms with Crippen LogP contribution in [-0.2, 0) is 10.0 Å². The Morgan fingerprint density at radius 2 is 2.06 bits per heavy atom. The monoisotopic (exact) mass is 250 g/mol. The lowest BCUT2D eigenvalue weighted by atomic mass is 10.1. The fraction of sp³-hybridized carbons (Fsp3) is 1.00. The number of sulfonamides is 1. The summed E-state index contributed by atoms with van der Waals surface area (Å²) in [6.07, 6.45) is 0.0222. The van der Waals surface area contributed by atoms with Gasteiger partial charge in [0.05, 0.1) is 11.9 Å². The van der Waals surface area contributed by atoms with Crippen LogP contribution in [0.4, 0.5) is 0 Å². The van der Waals surface area contributed by atoms with E-state index in [2.05, 4.69) is 5.32 Å². The van der Waals surface area contributed by atoms with Gasteiger partial charge in [-0.3, -0.25) is 0 Å². The second kappa shape index (κ2) is 5.00. The minimum Gasteiger partial charge on any atom is -0.390 e. The van der Waals surface area contributed by atoms with Gasteiger partial charge < -0.3 is 10.4 Å². The van der Waals surface area contributed by atoms with Gasteiger partial charge in [-0.15, -0.1) is 0 Å². The normalized spacial score (nSPS) is 23.5. The molecule has 0 aromatic rings. The largest absolute Gasteiger partial charge is 0.390 e. The van der Waals surface area contributed by atoms with Crippen molar-refractivity contribution in [3.05, 3.63) is 0 Å². The highest BCUT2D eigenvalue weighted by atomic mass is 32.2. The van der Waals surface area contributed by atoms with Crippen molar-refractivity contribution in [1.82, 2.24) is 9.62 Å². The number of hydrogen-bond donors (Lipinski definition) is 2. The van der Waals surface area contributed by atoms with Crippen molar-refractivity contribution < 1.29 is 13.5 Å². The number of hydrogen-bond acceptors (Lipinski definition) is 4. The van der Waals surface area contributed by atoms with Gasteiger partial charge in [0.1, 0.15) is 0 Å². The quantitative estimate of drug-likeness (QED) is 0.723. The van der Waals surface area contributed by atoms with Gasteiger partial charge in [0.15, 0.2) is 0 Å². The Kier molecular flexibility index (Phi) is 4.34. The number of aliphatic hydroxyl groups is 1. The van der Waals surface area contributed by atoms with E-state index in [4.69, 9.17) is 0 Å². The molecule has 0 aliphatic carbocycles. The molecule has 0 radical (unpaired) electrons. The SMILES string of the molecule is CC(C)(C)NCC(O)CN1CCCS1(=O)=O. The first-order chi connectivity index (χ1) is 7.21. The zero-order valence-electron chi connectivity index (χ0n) is 10.2. The molecule has 0 aromatic carbocycles. The fourth-order valence-corrected chi connectivity index (χ4v) is 3.18. The second-order valence-corrected chi connectivity index (χ2v) is 7.40. The van der Waals surface area contributed by atoms with Crippen LogP contribution < -0.4 is 5.32 Å². The molecule has 0 bridgehead atoms. The first-order valence-corrected chi connectivity index (χ1v) is 7.22. The van der Waals surface area contributed by atoms with Crippen LogP contribution in [0.5, 0.6) is 0 Å². The maximum Gasteiger partial charge on any atom is 0.214 e. The Balaban J connectivity index is 2.37. The van der Waals surface area contributed by atoms with Crippen molar-refractivity contribution in [2.75, 3.05) is 25.4 Å². The van der Waals surface area contributed by atoms with Crippen LogP contribution in [-0.4, -0.2) is 54.9 Å². The molecule has 0 amide bonds. The van der Waals surface area contributed by atoms with Gasteiger partial charge in [-0.2, -0.15) is 4.31 Å². The van der Waals surface area contributed by atoms with Crippen LogP contribution in [0.3, 0.4) is 0 Å². The van der Waals surface area contributed by atoms with Gasteiger partial charge in [-0.05, 0) is 27.2 Å². The Bertz CT molecular complexity index is 321. The van der Waals surface area contributed by atoms with Crippen molar-refractivity contribution in [3.8, 4) is 0 Å². The highest BCUT2D eigenvalue weighted by Gasteiger charge is 2.29. The molecule has 16 heavy (non-hydrogen) atoms. The Hall–Kier alpha value is -0.170. The third-order valence-electron chi connectivity index (χ3n) is 2.49. The number of rotatable bonds is 4. The third-order valence-corrected chi connectivity index (χ3v) is 4.41. The second-order valence-electron chi connectivity index (χ2n) is 5.31. The summed E-state index contributed by atoms with van der Waals surface area (Å²) in [4.78, 5) is 0. The Morgan fingerprint density at radius 1 is 1.44 bits per heavy atom. The van der Waals surface area contributed by atoms with E-state index in [1.807, 2.05) is 20.8 Å². The van der Waals surface area contributed by atoms with Crippen molar-refractivity contribution in [2.45, 2.75) is 38.8 Å². The summed E-state index contributed by atoms with van der Waals surface area (Å²) >= 11 is 0. The highest BCUT2D eigenvalue weighted by molar-refractivity contribution is 7.89. The van der Waals surface area contributed by atoms with Gasteiger partial charge in [0, 0.05) is 25.2 Å². The fourth-order valence-electron chi connectivity index (χ4n) is 1.62. The highest BCUT2D eigenvalue weighted by Crippen LogP contribution is 2.13.